The third kappa shape index (κ3) is 4.39. The fourth-order valence-corrected chi connectivity index (χ4v) is 4.95. The minimum Gasteiger partial charge on any atom is -0.488 e. The molecule has 3 aromatic rings. The zero-order valence-electron chi connectivity index (χ0n) is 15.8. The summed E-state index contributed by atoms with van der Waals surface area (Å²) in [4.78, 5) is 6.90. The minimum absolute atomic E-state index is 0.00777. The van der Waals surface area contributed by atoms with Crippen LogP contribution < -0.4 is 9.46 Å². The quantitative estimate of drug-likeness (QED) is 0.588. The first kappa shape index (κ1) is 20.5. The van der Waals surface area contributed by atoms with Gasteiger partial charge in [0, 0.05) is 30.1 Å². The van der Waals surface area contributed by atoms with Crippen LogP contribution >= 0.6 is 11.6 Å². The number of hydrogen-bond donors (Lipinski definition) is 2. The highest BCUT2D eigenvalue weighted by Crippen LogP contribution is 2.38. The SMILES string of the molecule is O=S(=O)(Nc1ccncn1)c1cc(Cl)c(O[C@H]2CCCCC2c2ccn[nH]2)cc1F. The summed E-state index contributed by atoms with van der Waals surface area (Å²) < 4.78 is 48.1. The number of ether oxygens (including phenoxy) is 1. The van der Waals surface area contributed by atoms with Crippen molar-refractivity contribution in [3.05, 3.63) is 59.5 Å². The third-order valence-corrected chi connectivity index (χ3v) is 6.66. The molecule has 0 bridgehead atoms. The van der Waals surface area contributed by atoms with Crippen molar-refractivity contribution in [3.63, 3.8) is 0 Å². The van der Waals surface area contributed by atoms with Crippen LogP contribution in [-0.2, 0) is 10.0 Å². The average molecular weight is 452 g/mol. The molecule has 0 spiro atoms. The molecule has 8 nitrogen and oxygen atoms in total. The summed E-state index contributed by atoms with van der Waals surface area (Å²) in [5, 5.41) is 6.97. The average Bonchev–Trinajstić information content (AvgIpc) is 3.26. The molecule has 4 rings (SSSR count). The van der Waals surface area contributed by atoms with E-state index in [1.807, 2.05) is 6.07 Å². The first-order chi connectivity index (χ1) is 14.4. The Morgan fingerprint density at radius 3 is 2.77 bits per heavy atom. The van der Waals surface area contributed by atoms with Crippen LogP contribution in [0, 0.1) is 5.82 Å². The van der Waals surface area contributed by atoms with Crippen LogP contribution in [0.2, 0.25) is 5.02 Å². The van der Waals surface area contributed by atoms with Gasteiger partial charge in [0.1, 0.15) is 34.7 Å². The number of aromatic amines is 1. The molecule has 1 aliphatic rings. The Labute approximate surface area is 177 Å². The predicted molar refractivity (Wildman–Crippen MR) is 108 cm³/mol. The van der Waals surface area contributed by atoms with Crippen molar-refractivity contribution in [3.8, 4) is 5.75 Å². The van der Waals surface area contributed by atoms with Gasteiger partial charge in [-0.05, 0) is 37.5 Å². The van der Waals surface area contributed by atoms with Gasteiger partial charge in [0.15, 0.2) is 0 Å². The molecule has 2 heterocycles. The Morgan fingerprint density at radius 2 is 2.03 bits per heavy atom. The summed E-state index contributed by atoms with van der Waals surface area (Å²) in [6.07, 6.45) is 7.71. The van der Waals surface area contributed by atoms with Gasteiger partial charge < -0.3 is 4.74 Å². The molecule has 0 amide bonds. The van der Waals surface area contributed by atoms with Crippen LogP contribution in [0.15, 0.2) is 47.9 Å². The van der Waals surface area contributed by atoms with Gasteiger partial charge in [0.25, 0.3) is 10.0 Å². The Bertz CT molecular complexity index is 1110. The lowest BCUT2D eigenvalue weighted by atomic mass is 9.84. The van der Waals surface area contributed by atoms with E-state index in [9.17, 15) is 12.8 Å². The van der Waals surface area contributed by atoms with Crippen molar-refractivity contribution in [2.75, 3.05) is 4.72 Å². The standard InChI is InChI=1S/C19H19ClFN5O3S/c20-13-9-18(30(27,28)26-19-6-7-22-11-23-19)14(21)10-17(13)29-16-4-2-1-3-12(16)15-5-8-24-25-15/h5-12,16H,1-4H2,(H,24,25)(H,22,23,26)/t12?,16-/m0/s1. The molecule has 0 aliphatic heterocycles. The maximum Gasteiger partial charge on any atom is 0.266 e. The van der Waals surface area contributed by atoms with Crippen molar-refractivity contribution < 1.29 is 17.5 Å². The number of rotatable bonds is 6. The second-order valence-electron chi connectivity index (χ2n) is 6.97. The molecular weight excluding hydrogens is 433 g/mol. The second kappa shape index (κ2) is 8.57. The molecule has 2 aromatic heterocycles. The molecule has 0 radical (unpaired) electrons. The summed E-state index contributed by atoms with van der Waals surface area (Å²) in [6, 6.07) is 5.30. The van der Waals surface area contributed by atoms with Crippen LogP contribution in [0.25, 0.3) is 0 Å². The highest BCUT2D eigenvalue weighted by atomic mass is 35.5. The van der Waals surface area contributed by atoms with Crippen LogP contribution in [-0.4, -0.2) is 34.7 Å². The molecule has 1 aliphatic carbocycles. The van der Waals surface area contributed by atoms with E-state index in [-0.39, 0.29) is 28.6 Å². The zero-order valence-corrected chi connectivity index (χ0v) is 17.3. The van der Waals surface area contributed by atoms with E-state index < -0.39 is 20.7 Å². The van der Waals surface area contributed by atoms with E-state index in [1.54, 1.807) is 6.20 Å². The lowest BCUT2D eigenvalue weighted by molar-refractivity contribution is 0.128. The van der Waals surface area contributed by atoms with Gasteiger partial charge in [-0.1, -0.05) is 18.0 Å². The molecular formula is C19H19ClFN5O3S. The van der Waals surface area contributed by atoms with Gasteiger partial charge in [-0.3, -0.25) is 9.82 Å². The predicted octanol–water partition coefficient (Wildman–Crippen LogP) is 3.90. The lowest BCUT2D eigenvalue weighted by Gasteiger charge is -2.31. The Balaban J connectivity index is 1.58. The zero-order chi connectivity index (χ0) is 21.1. The van der Waals surface area contributed by atoms with Crippen LogP contribution in [0.1, 0.15) is 37.3 Å². The molecule has 1 unspecified atom stereocenters. The van der Waals surface area contributed by atoms with Gasteiger partial charge in [0.2, 0.25) is 0 Å². The number of halogens is 2. The topological polar surface area (TPSA) is 110 Å². The third-order valence-electron chi connectivity index (χ3n) is 5.00. The van der Waals surface area contributed by atoms with Crippen LogP contribution in [0.4, 0.5) is 10.2 Å². The summed E-state index contributed by atoms with van der Waals surface area (Å²) in [6.45, 7) is 0. The van der Waals surface area contributed by atoms with Crippen LogP contribution in [0.3, 0.4) is 0 Å². The molecule has 2 atom stereocenters. The fourth-order valence-electron chi connectivity index (χ4n) is 3.58. The number of hydrogen-bond acceptors (Lipinski definition) is 6. The Hall–Kier alpha value is -2.72. The maximum absolute atomic E-state index is 14.7. The number of nitrogens with zero attached hydrogens (tertiary/aromatic N) is 3. The van der Waals surface area contributed by atoms with E-state index in [4.69, 9.17) is 16.3 Å². The van der Waals surface area contributed by atoms with Gasteiger partial charge in [0.05, 0.1) is 5.02 Å². The second-order valence-corrected chi connectivity index (χ2v) is 9.03. The summed E-state index contributed by atoms with van der Waals surface area (Å²) in [5.41, 5.74) is 0.949. The molecule has 1 aromatic carbocycles. The van der Waals surface area contributed by atoms with Crippen LogP contribution in [0.5, 0.6) is 5.75 Å². The summed E-state index contributed by atoms with van der Waals surface area (Å²) >= 11 is 6.27. The number of sulfonamides is 1. The molecule has 158 valence electrons. The number of aromatic nitrogens is 4. The Kier molecular flexibility index (Phi) is 5.87. The van der Waals surface area contributed by atoms with Gasteiger partial charge >= 0.3 is 0 Å². The molecule has 1 fully saturated rings. The highest BCUT2D eigenvalue weighted by Gasteiger charge is 2.31. The number of anilines is 1. The van der Waals surface area contributed by atoms with E-state index in [1.165, 1.54) is 18.6 Å². The van der Waals surface area contributed by atoms with Gasteiger partial charge in [-0.2, -0.15) is 5.10 Å². The molecule has 30 heavy (non-hydrogen) atoms. The molecule has 1 saturated carbocycles. The van der Waals surface area contributed by atoms with E-state index in [0.29, 0.717) is 0 Å². The molecule has 2 N–H and O–H groups in total. The minimum atomic E-state index is -4.23. The monoisotopic (exact) mass is 451 g/mol. The highest BCUT2D eigenvalue weighted by molar-refractivity contribution is 7.92. The number of benzene rings is 1. The van der Waals surface area contributed by atoms with Crippen molar-refractivity contribution in [2.24, 2.45) is 0 Å². The first-order valence-corrected chi connectivity index (χ1v) is 11.2. The van der Waals surface area contributed by atoms with E-state index in [2.05, 4.69) is 24.9 Å². The van der Waals surface area contributed by atoms with Crippen molar-refractivity contribution in [2.45, 2.75) is 42.6 Å². The van der Waals surface area contributed by atoms with Crippen molar-refractivity contribution in [1.82, 2.24) is 20.2 Å². The van der Waals surface area contributed by atoms with Crippen molar-refractivity contribution >= 4 is 27.4 Å². The molecule has 11 heteroatoms. The number of H-pyrrole nitrogens is 1. The molecule has 0 saturated heterocycles. The van der Waals surface area contributed by atoms with E-state index in [0.717, 1.165) is 43.5 Å². The number of nitrogens with one attached hydrogen (secondary N) is 2. The maximum atomic E-state index is 14.7. The first-order valence-electron chi connectivity index (χ1n) is 9.38. The van der Waals surface area contributed by atoms with Crippen molar-refractivity contribution in [1.29, 1.82) is 0 Å². The summed E-state index contributed by atoms with van der Waals surface area (Å²) in [5.74, 6) is -0.773. The van der Waals surface area contributed by atoms with E-state index >= 15 is 0 Å². The smallest absolute Gasteiger partial charge is 0.266 e. The summed E-state index contributed by atoms with van der Waals surface area (Å²) in [7, 11) is -4.23. The largest absolute Gasteiger partial charge is 0.488 e. The fraction of sp³-hybridized carbons (Fsp3) is 0.316. The Morgan fingerprint density at radius 1 is 1.20 bits per heavy atom. The normalized spacial score (nSPS) is 19.4. The lowest BCUT2D eigenvalue weighted by Crippen LogP contribution is -2.29. The van der Waals surface area contributed by atoms with Gasteiger partial charge in [-0.25, -0.2) is 22.8 Å². The van der Waals surface area contributed by atoms with Gasteiger partial charge in [-0.15, -0.1) is 0 Å².